The van der Waals surface area contributed by atoms with E-state index < -0.39 is 0 Å². The maximum atomic E-state index is 4.80. The number of aromatic amines is 1. The molecular formula is C23H28N8. The van der Waals surface area contributed by atoms with Crippen LogP contribution in [0, 0.1) is 0 Å². The zero-order valence-electron chi connectivity index (χ0n) is 18.3. The van der Waals surface area contributed by atoms with Crippen molar-refractivity contribution in [2.24, 2.45) is 0 Å². The van der Waals surface area contributed by atoms with E-state index >= 15 is 0 Å². The fourth-order valence-corrected chi connectivity index (χ4v) is 3.52. The van der Waals surface area contributed by atoms with Crippen molar-refractivity contribution >= 4 is 0 Å². The second-order valence-electron chi connectivity index (χ2n) is 7.98. The van der Waals surface area contributed by atoms with Gasteiger partial charge in [-0.15, -0.1) is 5.10 Å². The molecule has 0 radical (unpaired) electrons. The molecule has 0 saturated carbocycles. The van der Waals surface area contributed by atoms with Crippen molar-refractivity contribution < 1.29 is 0 Å². The average Bonchev–Trinajstić information content (AvgIpc) is 3.45. The number of hydrogen-bond donors (Lipinski definition) is 1. The Labute approximate surface area is 182 Å². The minimum absolute atomic E-state index is 0.309. The predicted molar refractivity (Wildman–Crippen MR) is 119 cm³/mol. The number of benzene rings is 1. The van der Waals surface area contributed by atoms with Gasteiger partial charge in [0.15, 0.2) is 11.6 Å². The van der Waals surface area contributed by atoms with E-state index in [0.717, 1.165) is 47.0 Å². The lowest BCUT2D eigenvalue weighted by molar-refractivity contribution is 0.528. The highest BCUT2D eigenvalue weighted by atomic mass is 15.5. The van der Waals surface area contributed by atoms with Crippen LogP contribution in [-0.2, 0) is 13.0 Å². The third kappa shape index (κ3) is 4.84. The molecule has 3 heterocycles. The molecule has 0 aliphatic carbocycles. The predicted octanol–water partition coefficient (Wildman–Crippen LogP) is 4.42. The van der Waals surface area contributed by atoms with Crippen LogP contribution in [0.4, 0.5) is 0 Å². The monoisotopic (exact) mass is 416 g/mol. The van der Waals surface area contributed by atoms with Crippen LogP contribution in [0.2, 0.25) is 0 Å². The summed E-state index contributed by atoms with van der Waals surface area (Å²) < 4.78 is 2.06. The lowest BCUT2D eigenvalue weighted by Crippen LogP contribution is -2.07. The van der Waals surface area contributed by atoms with Crippen molar-refractivity contribution in [1.82, 2.24) is 40.4 Å². The molecule has 0 spiro atoms. The third-order valence-electron chi connectivity index (χ3n) is 5.26. The molecule has 0 amide bonds. The number of aryl methyl sites for hydroxylation is 1. The number of rotatable bonds is 9. The second-order valence-corrected chi connectivity index (χ2v) is 7.98. The molecule has 1 aromatic carbocycles. The summed E-state index contributed by atoms with van der Waals surface area (Å²) in [7, 11) is 0. The number of aromatic nitrogens is 8. The van der Waals surface area contributed by atoms with Gasteiger partial charge in [-0.05, 0) is 28.5 Å². The molecule has 8 heteroatoms. The van der Waals surface area contributed by atoms with Crippen molar-refractivity contribution in [3.8, 4) is 22.5 Å². The van der Waals surface area contributed by atoms with Crippen molar-refractivity contribution in [3.63, 3.8) is 0 Å². The van der Waals surface area contributed by atoms with Crippen LogP contribution in [0.15, 0.2) is 42.6 Å². The van der Waals surface area contributed by atoms with Crippen LogP contribution in [0.25, 0.3) is 22.5 Å². The molecule has 31 heavy (non-hydrogen) atoms. The lowest BCUT2D eigenvalue weighted by Gasteiger charge is -2.08. The Balaban J connectivity index is 1.56. The number of hydrogen-bond acceptors (Lipinski definition) is 6. The molecule has 3 aromatic heterocycles. The van der Waals surface area contributed by atoms with Crippen LogP contribution < -0.4 is 0 Å². The summed E-state index contributed by atoms with van der Waals surface area (Å²) in [6.45, 7) is 7.37. The van der Waals surface area contributed by atoms with E-state index in [4.69, 9.17) is 15.1 Å². The fourth-order valence-electron chi connectivity index (χ4n) is 3.52. The number of tetrazole rings is 1. The number of unbranched alkanes of at least 4 members (excludes halogenated alkanes) is 2. The van der Waals surface area contributed by atoms with Gasteiger partial charge < -0.3 is 0 Å². The lowest BCUT2D eigenvalue weighted by atomic mass is 10.0. The highest BCUT2D eigenvalue weighted by Crippen LogP contribution is 2.29. The van der Waals surface area contributed by atoms with E-state index in [1.165, 1.54) is 12.8 Å². The molecular weight excluding hydrogens is 388 g/mol. The number of H-pyrrole nitrogens is 1. The van der Waals surface area contributed by atoms with Gasteiger partial charge in [0.1, 0.15) is 5.82 Å². The van der Waals surface area contributed by atoms with Gasteiger partial charge >= 0.3 is 0 Å². The molecule has 160 valence electrons. The quantitative estimate of drug-likeness (QED) is 0.406. The highest BCUT2D eigenvalue weighted by molar-refractivity contribution is 5.79. The maximum Gasteiger partial charge on any atom is 0.180 e. The molecule has 0 saturated heterocycles. The van der Waals surface area contributed by atoms with Gasteiger partial charge in [-0.25, -0.2) is 14.8 Å². The Hall–Kier alpha value is -3.42. The van der Waals surface area contributed by atoms with Crippen LogP contribution in [0.3, 0.4) is 0 Å². The molecule has 8 nitrogen and oxygen atoms in total. The summed E-state index contributed by atoms with van der Waals surface area (Å²) >= 11 is 0. The zero-order chi connectivity index (χ0) is 21.6. The third-order valence-corrected chi connectivity index (χ3v) is 5.26. The first-order valence-corrected chi connectivity index (χ1v) is 10.9. The SMILES string of the molecule is CCCCCn1nc(C(C)C)nc1Cc1ccc(-c2ccccc2-c2nnn[nH]2)cn1. The maximum absolute atomic E-state index is 4.80. The molecule has 4 aromatic rings. The molecule has 0 atom stereocenters. The zero-order valence-corrected chi connectivity index (χ0v) is 18.3. The van der Waals surface area contributed by atoms with Gasteiger partial charge in [-0.2, -0.15) is 5.10 Å². The Morgan fingerprint density at radius 1 is 1.03 bits per heavy atom. The fraction of sp³-hybridized carbons (Fsp3) is 0.391. The van der Waals surface area contributed by atoms with E-state index in [0.29, 0.717) is 18.2 Å². The number of pyridine rings is 1. The van der Waals surface area contributed by atoms with Crippen LogP contribution in [0.5, 0.6) is 0 Å². The van der Waals surface area contributed by atoms with Crippen LogP contribution in [-0.4, -0.2) is 40.4 Å². The molecule has 0 bridgehead atoms. The first-order valence-electron chi connectivity index (χ1n) is 10.9. The summed E-state index contributed by atoms with van der Waals surface area (Å²) in [6.07, 6.45) is 6.07. The summed E-state index contributed by atoms with van der Waals surface area (Å²) in [5, 5.41) is 19.0. The highest BCUT2D eigenvalue weighted by Gasteiger charge is 2.14. The second kappa shape index (κ2) is 9.59. The molecule has 4 rings (SSSR count). The van der Waals surface area contributed by atoms with Crippen LogP contribution >= 0.6 is 0 Å². The standard InChI is InChI=1S/C23H28N8/c1-4-5-8-13-31-21(25-22(28-31)16(2)3)14-18-12-11-17(15-24-18)19-9-6-7-10-20(19)23-26-29-30-27-23/h6-7,9-12,15-16H,4-5,8,13-14H2,1-3H3,(H,26,27,29,30). The first kappa shape index (κ1) is 20.8. The van der Waals surface area contributed by atoms with E-state index in [9.17, 15) is 0 Å². The number of nitrogens with zero attached hydrogens (tertiary/aromatic N) is 7. The smallest absolute Gasteiger partial charge is 0.180 e. The molecule has 0 fully saturated rings. The molecule has 1 N–H and O–H groups in total. The van der Waals surface area contributed by atoms with Gasteiger partial charge in [-0.3, -0.25) is 4.98 Å². The van der Waals surface area contributed by atoms with E-state index in [2.05, 4.69) is 58.2 Å². The molecule has 0 aliphatic rings. The Kier molecular flexibility index (Phi) is 6.45. The van der Waals surface area contributed by atoms with Gasteiger partial charge in [0.05, 0.1) is 0 Å². The van der Waals surface area contributed by atoms with E-state index in [1.807, 2.05) is 30.5 Å². The Morgan fingerprint density at radius 2 is 1.87 bits per heavy atom. The van der Waals surface area contributed by atoms with Gasteiger partial charge in [-0.1, -0.05) is 63.9 Å². The molecule has 0 unspecified atom stereocenters. The first-order chi connectivity index (χ1) is 15.2. The van der Waals surface area contributed by atoms with E-state index in [1.54, 1.807) is 0 Å². The summed E-state index contributed by atoms with van der Waals surface area (Å²) in [5.74, 6) is 2.83. The van der Waals surface area contributed by atoms with Crippen molar-refractivity contribution in [3.05, 3.63) is 59.9 Å². The van der Waals surface area contributed by atoms with Crippen molar-refractivity contribution in [1.29, 1.82) is 0 Å². The topological polar surface area (TPSA) is 98.1 Å². The summed E-state index contributed by atoms with van der Waals surface area (Å²) in [5.41, 5.74) is 3.97. The number of nitrogens with one attached hydrogen (secondary N) is 1. The Morgan fingerprint density at radius 3 is 2.55 bits per heavy atom. The van der Waals surface area contributed by atoms with Crippen molar-refractivity contribution in [2.45, 2.75) is 58.9 Å². The minimum atomic E-state index is 0.309. The Bertz CT molecular complexity index is 1100. The largest absolute Gasteiger partial charge is 0.260 e. The summed E-state index contributed by atoms with van der Waals surface area (Å²) in [6, 6.07) is 12.2. The van der Waals surface area contributed by atoms with Crippen LogP contribution in [0.1, 0.15) is 63.3 Å². The van der Waals surface area contributed by atoms with E-state index in [-0.39, 0.29) is 0 Å². The minimum Gasteiger partial charge on any atom is -0.260 e. The molecule has 0 aliphatic heterocycles. The van der Waals surface area contributed by atoms with Gasteiger partial charge in [0, 0.05) is 41.9 Å². The van der Waals surface area contributed by atoms with Gasteiger partial charge in [0.25, 0.3) is 0 Å². The van der Waals surface area contributed by atoms with Crippen molar-refractivity contribution in [2.75, 3.05) is 0 Å². The average molecular weight is 417 g/mol. The normalized spacial score (nSPS) is 11.4. The van der Waals surface area contributed by atoms with Gasteiger partial charge in [0.2, 0.25) is 0 Å². The summed E-state index contributed by atoms with van der Waals surface area (Å²) in [4.78, 5) is 9.52.